The highest BCUT2D eigenvalue weighted by Crippen LogP contribution is 2.17. The minimum Gasteiger partial charge on any atom is -0.497 e. The number of rotatable bonds is 10. The van der Waals surface area contributed by atoms with Gasteiger partial charge in [0.15, 0.2) is 5.96 Å². The molecule has 1 aromatic carbocycles. The number of halogens is 1. The van der Waals surface area contributed by atoms with E-state index in [1.54, 1.807) is 14.2 Å². The predicted molar refractivity (Wildman–Crippen MR) is 127 cm³/mol. The van der Waals surface area contributed by atoms with E-state index in [1.165, 1.54) is 38.9 Å². The van der Waals surface area contributed by atoms with Crippen molar-refractivity contribution in [2.75, 3.05) is 53.5 Å². The Morgan fingerprint density at radius 2 is 1.86 bits per heavy atom. The molecule has 0 aromatic heterocycles. The lowest BCUT2D eigenvalue weighted by Gasteiger charge is -2.30. The topological polar surface area (TPSA) is 58.1 Å². The summed E-state index contributed by atoms with van der Waals surface area (Å²) in [4.78, 5) is 6.87. The van der Waals surface area contributed by atoms with Gasteiger partial charge < -0.3 is 25.0 Å². The van der Waals surface area contributed by atoms with E-state index in [2.05, 4.69) is 27.4 Å². The third-order valence-electron chi connectivity index (χ3n) is 4.88. The van der Waals surface area contributed by atoms with Crippen LogP contribution in [-0.4, -0.2) is 64.3 Å². The molecule has 6 nitrogen and oxygen atoms in total. The van der Waals surface area contributed by atoms with Gasteiger partial charge in [-0.05, 0) is 69.0 Å². The van der Waals surface area contributed by atoms with Gasteiger partial charge in [-0.15, -0.1) is 24.0 Å². The first-order valence-corrected chi connectivity index (χ1v) is 10.1. The summed E-state index contributed by atoms with van der Waals surface area (Å²) < 4.78 is 10.9. The van der Waals surface area contributed by atoms with Gasteiger partial charge >= 0.3 is 0 Å². The van der Waals surface area contributed by atoms with E-state index in [0.29, 0.717) is 13.2 Å². The molecule has 1 atom stereocenters. The highest BCUT2D eigenvalue weighted by molar-refractivity contribution is 14.0. The van der Waals surface area contributed by atoms with Crippen LogP contribution in [0.1, 0.15) is 32.6 Å². The minimum absolute atomic E-state index is 0. The molecule has 1 aromatic rings. The summed E-state index contributed by atoms with van der Waals surface area (Å²) in [5.74, 6) is 3.37. The van der Waals surface area contributed by atoms with E-state index in [-0.39, 0.29) is 24.0 Å². The van der Waals surface area contributed by atoms with Crippen LogP contribution < -0.4 is 20.1 Å². The lowest BCUT2D eigenvalue weighted by molar-refractivity contribution is 0.181. The van der Waals surface area contributed by atoms with E-state index in [9.17, 15) is 0 Å². The Labute approximate surface area is 187 Å². The zero-order valence-electron chi connectivity index (χ0n) is 17.6. The van der Waals surface area contributed by atoms with Crippen molar-refractivity contribution in [1.29, 1.82) is 0 Å². The van der Waals surface area contributed by atoms with Gasteiger partial charge in [0.2, 0.25) is 0 Å². The molecule has 0 amide bonds. The molecule has 0 spiro atoms. The highest BCUT2D eigenvalue weighted by atomic mass is 127. The van der Waals surface area contributed by atoms with Gasteiger partial charge in [0, 0.05) is 20.1 Å². The molecule has 2 rings (SSSR count). The number of likely N-dealkylation sites (tertiary alicyclic amines) is 1. The van der Waals surface area contributed by atoms with Crippen molar-refractivity contribution in [1.82, 2.24) is 15.5 Å². The van der Waals surface area contributed by atoms with E-state index < -0.39 is 0 Å². The Hall–Kier alpha value is -1.22. The van der Waals surface area contributed by atoms with Crippen molar-refractivity contribution in [2.45, 2.75) is 32.6 Å². The third-order valence-corrected chi connectivity index (χ3v) is 4.88. The quantitative estimate of drug-likeness (QED) is 0.222. The second kappa shape index (κ2) is 14.7. The molecule has 1 aliphatic rings. The van der Waals surface area contributed by atoms with Crippen LogP contribution in [0.3, 0.4) is 0 Å². The number of hydrogen-bond acceptors (Lipinski definition) is 4. The average molecular weight is 504 g/mol. The molecule has 28 heavy (non-hydrogen) atoms. The van der Waals surface area contributed by atoms with Gasteiger partial charge in [0.05, 0.1) is 13.7 Å². The van der Waals surface area contributed by atoms with Crippen LogP contribution in [0.5, 0.6) is 11.5 Å². The molecule has 1 aliphatic heterocycles. The van der Waals surface area contributed by atoms with Crippen LogP contribution in [-0.2, 0) is 0 Å². The standard InChI is InChI=1S/C21H36N4O2.HI/c1-18-7-6-15-25(17-18)14-5-4-12-23-21(22-2)24-13-16-27-20-10-8-19(26-3)9-11-20;/h8-11,18H,4-7,12-17H2,1-3H3,(H2,22,23,24);1H. The number of piperidine rings is 1. The molecule has 0 bridgehead atoms. The molecule has 160 valence electrons. The largest absolute Gasteiger partial charge is 0.497 e. The van der Waals surface area contributed by atoms with Gasteiger partial charge in [0.1, 0.15) is 18.1 Å². The van der Waals surface area contributed by atoms with Crippen LogP contribution >= 0.6 is 24.0 Å². The normalized spacial score (nSPS) is 17.5. The van der Waals surface area contributed by atoms with Gasteiger partial charge in [0.25, 0.3) is 0 Å². The Morgan fingerprint density at radius 1 is 1.14 bits per heavy atom. The Morgan fingerprint density at radius 3 is 2.54 bits per heavy atom. The number of nitrogens with one attached hydrogen (secondary N) is 2. The third kappa shape index (κ3) is 9.82. The molecule has 0 radical (unpaired) electrons. The van der Waals surface area contributed by atoms with Gasteiger partial charge in [-0.2, -0.15) is 0 Å². The van der Waals surface area contributed by atoms with Gasteiger partial charge in [-0.25, -0.2) is 0 Å². The first-order chi connectivity index (χ1) is 13.2. The number of methoxy groups -OCH3 is 1. The molecule has 1 fully saturated rings. The van der Waals surface area contributed by atoms with Crippen LogP contribution in [0.15, 0.2) is 29.3 Å². The fraction of sp³-hybridized carbons (Fsp3) is 0.667. The first kappa shape index (κ1) is 24.8. The van der Waals surface area contributed by atoms with E-state index in [0.717, 1.165) is 36.3 Å². The summed E-state index contributed by atoms with van der Waals surface area (Å²) in [6.45, 7) is 8.36. The van der Waals surface area contributed by atoms with Crippen LogP contribution in [0.4, 0.5) is 0 Å². The number of hydrogen-bond donors (Lipinski definition) is 2. The second-order valence-corrected chi connectivity index (χ2v) is 7.20. The van der Waals surface area contributed by atoms with Crippen molar-refractivity contribution < 1.29 is 9.47 Å². The maximum atomic E-state index is 5.71. The fourth-order valence-electron chi connectivity index (χ4n) is 3.39. The molecule has 1 unspecified atom stereocenters. The Bertz CT molecular complexity index is 554. The maximum Gasteiger partial charge on any atom is 0.191 e. The van der Waals surface area contributed by atoms with Crippen molar-refractivity contribution in [3.05, 3.63) is 24.3 Å². The minimum atomic E-state index is 0. The monoisotopic (exact) mass is 504 g/mol. The van der Waals surface area contributed by atoms with Crippen LogP contribution in [0, 0.1) is 5.92 Å². The van der Waals surface area contributed by atoms with Crippen molar-refractivity contribution in [2.24, 2.45) is 10.9 Å². The zero-order valence-corrected chi connectivity index (χ0v) is 19.9. The lowest BCUT2D eigenvalue weighted by atomic mass is 10.0. The molecule has 0 aliphatic carbocycles. The van der Waals surface area contributed by atoms with Crippen molar-refractivity contribution >= 4 is 29.9 Å². The Balaban J connectivity index is 0.00000392. The van der Waals surface area contributed by atoms with Gasteiger partial charge in [-0.1, -0.05) is 6.92 Å². The molecule has 0 saturated carbocycles. The molecular formula is C21H37IN4O2. The number of guanidine groups is 1. The molecule has 2 N–H and O–H groups in total. The Kier molecular flexibility index (Phi) is 13.1. The first-order valence-electron chi connectivity index (χ1n) is 10.1. The van der Waals surface area contributed by atoms with Crippen molar-refractivity contribution in [3.8, 4) is 11.5 Å². The molecule has 7 heteroatoms. The fourth-order valence-corrected chi connectivity index (χ4v) is 3.39. The summed E-state index contributed by atoms with van der Waals surface area (Å²) in [5.41, 5.74) is 0. The van der Waals surface area contributed by atoms with Crippen LogP contribution in [0.2, 0.25) is 0 Å². The number of ether oxygens (including phenoxy) is 2. The van der Waals surface area contributed by atoms with Gasteiger partial charge in [-0.3, -0.25) is 4.99 Å². The molecule has 1 heterocycles. The highest BCUT2D eigenvalue weighted by Gasteiger charge is 2.15. The number of aliphatic imine (C=N–C) groups is 1. The number of unbranched alkanes of at least 4 members (excludes halogenated alkanes) is 1. The summed E-state index contributed by atoms with van der Waals surface area (Å²) in [6.07, 6.45) is 5.14. The zero-order chi connectivity index (χ0) is 19.3. The predicted octanol–water partition coefficient (Wildman–Crippen LogP) is 3.37. The summed E-state index contributed by atoms with van der Waals surface area (Å²) in [5, 5.41) is 6.67. The van der Waals surface area contributed by atoms with E-state index >= 15 is 0 Å². The molecule has 1 saturated heterocycles. The lowest BCUT2D eigenvalue weighted by Crippen LogP contribution is -2.40. The van der Waals surface area contributed by atoms with E-state index in [4.69, 9.17) is 9.47 Å². The summed E-state index contributed by atoms with van der Waals surface area (Å²) in [6, 6.07) is 7.62. The second-order valence-electron chi connectivity index (χ2n) is 7.20. The maximum absolute atomic E-state index is 5.71. The number of benzene rings is 1. The smallest absolute Gasteiger partial charge is 0.191 e. The average Bonchev–Trinajstić information content (AvgIpc) is 2.70. The number of nitrogens with zero attached hydrogens (tertiary/aromatic N) is 2. The molecular weight excluding hydrogens is 467 g/mol. The summed E-state index contributed by atoms with van der Waals surface area (Å²) in [7, 11) is 3.46. The van der Waals surface area contributed by atoms with E-state index in [1.807, 2.05) is 24.3 Å². The van der Waals surface area contributed by atoms with Crippen molar-refractivity contribution in [3.63, 3.8) is 0 Å². The SMILES string of the molecule is CN=C(NCCCCN1CCCC(C)C1)NCCOc1ccc(OC)cc1.I. The van der Waals surface area contributed by atoms with Crippen LogP contribution in [0.25, 0.3) is 0 Å². The summed E-state index contributed by atoms with van der Waals surface area (Å²) >= 11 is 0.